The Labute approximate surface area is 154 Å². The van der Waals surface area contributed by atoms with Crippen molar-refractivity contribution in [3.05, 3.63) is 59.7 Å². The van der Waals surface area contributed by atoms with Crippen LogP contribution in [0.4, 0.5) is 5.69 Å². The van der Waals surface area contributed by atoms with Crippen LogP contribution in [0.3, 0.4) is 0 Å². The number of carbonyl (C=O) groups is 1. The molecule has 136 valence electrons. The summed E-state index contributed by atoms with van der Waals surface area (Å²) in [5, 5.41) is 12.0. The van der Waals surface area contributed by atoms with E-state index in [2.05, 4.69) is 11.4 Å². The Balaban J connectivity index is 2.02. The number of rotatable bonds is 6. The van der Waals surface area contributed by atoms with Gasteiger partial charge >= 0.3 is 0 Å². The lowest BCUT2D eigenvalue weighted by atomic mass is 9.86. The molecule has 6 heteroatoms. The van der Waals surface area contributed by atoms with Gasteiger partial charge in [-0.05, 0) is 49.2 Å². The summed E-state index contributed by atoms with van der Waals surface area (Å²) in [6.07, 6.45) is 0.151. The second-order valence-corrected chi connectivity index (χ2v) is 8.86. The first-order chi connectivity index (χ1) is 12.2. The van der Waals surface area contributed by atoms with E-state index in [9.17, 15) is 13.2 Å². The van der Waals surface area contributed by atoms with Gasteiger partial charge in [0.2, 0.25) is 5.91 Å². The Kier molecular flexibility index (Phi) is 5.83. The molecule has 0 radical (unpaired) electrons. The minimum absolute atomic E-state index is 0.0471. The largest absolute Gasteiger partial charge is 0.326 e. The highest BCUT2D eigenvalue weighted by Crippen LogP contribution is 2.23. The lowest BCUT2D eigenvalue weighted by molar-refractivity contribution is -0.115. The molecule has 2 aromatic carbocycles. The van der Waals surface area contributed by atoms with E-state index >= 15 is 0 Å². The maximum absolute atomic E-state index is 12.2. The first-order valence-corrected chi connectivity index (χ1v) is 9.96. The van der Waals surface area contributed by atoms with E-state index in [1.165, 1.54) is 12.1 Å². The minimum Gasteiger partial charge on any atom is -0.326 e. The zero-order chi connectivity index (χ0) is 19.4. The van der Waals surface area contributed by atoms with Crippen molar-refractivity contribution in [2.24, 2.45) is 0 Å². The van der Waals surface area contributed by atoms with Crippen molar-refractivity contribution in [1.82, 2.24) is 0 Å². The first-order valence-electron chi connectivity index (χ1n) is 8.31. The van der Waals surface area contributed by atoms with E-state index in [4.69, 9.17) is 5.26 Å². The van der Waals surface area contributed by atoms with Crippen molar-refractivity contribution in [2.75, 3.05) is 11.1 Å². The SMILES string of the molecule is CCS(=O)(=O)c1ccc(CC(=O)Nc2ccc(C(C)(C)C#N)cc2)cc1. The molecule has 0 heterocycles. The molecule has 0 saturated carbocycles. The minimum atomic E-state index is -3.23. The smallest absolute Gasteiger partial charge is 0.228 e. The highest BCUT2D eigenvalue weighted by molar-refractivity contribution is 7.91. The summed E-state index contributed by atoms with van der Waals surface area (Å²) in [4.78, 5) is 12.4. The van der Waals surface area contributed by atoms with Gasteiger partial charge < -0.3 is 5.32 Å². The van der Waals surface area contributed by atoms with Gasteiger partial charge in [-0.25, -0.2) is 8.42 Å². The molecule has 5 nitrogen and oxygen atoms in total. The van der Waals surface area contributed by atoms with E-state index in [-0.39, 0.29) is 23.0 Å². The van der Waals surface area contributed by atoms with Crippen LogP contribution in [0, 0.1) is 11.3 Å². The van der Waals surface area contributed by atoms with Crippen LogP contribution in [0.15, 0.2) is 53.4 Å². The number of anilines is 1. The van der Waals surface area contributed by atoms with Crippen molar-refractivity contribution < 1.29 is 13.2 Å². The average molecular weight is 370 g/mol. The molecule has 0 aromatic heterocycles. The zero-order valence-electron chi connectivity index (χ0n) is 15.1. The molecule has 0 spiro atoms. The van der Waals surface area contributed by atoms with Crippen LogP contribution >= 0.6 is 0 Å². The standard InChI is InChI=1S/C20H22N2O3S/c1-4-26(24,25)18-11-5-15(6-12-18)13-19(23)22-17-9-7-16(8-10-17)20(2,3)14-21/h5-12H,4,13H2,1-3H3,(H,22,23). The Bertz CT molecular complexity index is 923. The third kappa shape index (κ3) is 4.70. The van der Waals surface area contributed by atoms with Gasteiger partial charge in [0.15, 0.2) is 9.84 Å². The van der Waals surface area contributed by atoms with Gasteiger partial charge in [0.05, 0.1) is 28.6 Å². The quantitative estimate of drug-likeness (QED) is 0.843. The zero-order valence-corrected chi connectivity index (χ0v) is 15.9. The van der Waals surface area contributed by atoms with Crippen LogP contribution in [0.2, 0.25) is 0 Å². The molecule has 0 aliphatic rings. The molecule has 0 aliphatic carbocycles. The summed E-state index contributed by atoms with van der Waals surface area (Å²) in [6.45, 7) is 5.27. The summed E-state index contributed by atoms with van der Waals surface area (Å²) in [7, 11) is -3.23. The summed E-state index contributed by atoms with van der Waals surface area (Å²) in [5.41, 5.74) is 1.69. The molecular formula is C20H22N2O3S. The van der Waals surface area contributed by atoms with Gasteiger partial charge in [0.25, 0.3) is 0 Å². The molecule has 0 atom stereocenters. The third-order valence-corrected chi connectivity index (χ3v) is 5.95. The number of hydrogen-bond acceptors (Lipinski definition) is 4. The summed E-state index contributed by atoms with van der Waals surface area (Å²) < 4.78 is 23.6. The topological polar surface area (TPSA) is 87.0 Å². The molecule has 1 amide bonds. The van der Waals surface area contributed by atoms with Gasteiger partial charge in [-0.2, -0.15) is 5.26 Å². The van der Waals surface area contributed by atoms with E-state index in [1.54, 1.807) is 31.2 Å². The summed E-state index contributed by atoms with van der Waals surface area (Å²) >= 11 is 0. The maximum Gasteiger partial charge on any atom is 0.228 e. The second-order valence-electron chi connectivity index (χ2n) is 6.59. The number of nitriles is 1. The van der Waals surface area contributed by atoms with Gasteiger partial charge in [0, 0.05) is 5.69 Å². The van der Waals surface area contributed by atoms with Crippen molar-refractivity contribution in [3.8, 4) is 6.07 Å². The maximum atomic E-state index is 12.2. The van der Waals surface area contributed by atoms with Crippen LogP contribution in [-0.4, -0.2) is 20.1 Å². The molecule has 2 aromatic rings. The summed E-state index contributed by atoms with van der Waals surface area (Å²) in [6, 6.07) is 15.8. The Morgan fingerprint density at radius 2 is 1.65 bits per heavy atom. The molecule has 0 saturated heterocycles. The fraction of sp³-hybridized carbons (Fsp3) is 0.300. The third-order valence-electron chi connectivity index (χ3n) is 4.20. The second kappa shape index (κ2) is 7.71. The van der Waals surface area contributed by atoms with Gasteiger partial charge in [-0.15, -0.1) is 0 Å². The van der Waals surface area contributed by atoms with E-state index in [1.807, 2.05) is 26.0 Å². The number of benzene rings is 2. The van der Waals surface area contributed by atoms with Crippen molar-refractivity contribution in [3.63, 3.8) is 0 Å². The predicted octanol–water partition coefficient (Wildman–Crippen LogP) is 3.46. The predicted molar refractivity (Wildman–Crippen MR) is 102 cm³/mol. The van der Waals surface area contributed by atoms with E-state index < -0.39 is 15.3 Å². The van der Waals surface area contributed by atoms with Crippen molar-refractivity contribution in [2.45, 2.75) is 37.5 Å². The number of hydrogen-bond donors (Lipinski definition) is 1. The number of amides is 1. The first kappa shape index (κ1) is 19.7. The lowest BCUT2D eigenvalue weighted by Gasteiger charge is -2.16. The molecule has 0 bridgehead atoms. The molecule has 0 unspecified atom stereocenters. The van der Waals surface area contributed by atoms with Crippen LogP contribution in [-0.2, 0) is 26.5 Å². The van der Waals surface area contributed by atoms with Crippen LogP contribution in [0.25, 0.3) is 0 Å². The monoisotopic (exact) mass is 370 g/mol. The lowest BCUT2D eigenvalue weighted by Crippen LogP contribution is -2.16. The number of nitrogens with zero attached hydrogens (tertiary/aromatic N) is 1. The number of sulfone groups is 1. The normalized spacial score (nSPS) is 11.6. The highest BCUT2D eigenvalue weighted by Gasteiger charge is 2.19. The average Bonchev–Trinajstić information content (AvgIpc) is 2.62. The van der Waals surface area contributed by atoms with Crippen molar-refractivity contribution in [1.29, 1.82) is 5.26 Å². The van der Waals surface area contributed by atoms with Gasteiger partial charge in [0.1, 0.15) is 0 Å². The molecule has 0 fully saturated rings. The van der Waals surface area contributed by atoms with E-state index in [0.717, 1.165) is 11.1 Å². The summed E-state index contributed by atoms with van der Waals surface area (Å²) in [5.74, 6) is -0.144. The highest BCUT2D eigenvalue weighted by atomic mass is 32.2. The fourth-order valence-electron chi connectivity index (χ4n) is 2.41. The molecule has 0 aliphatic heterocycles. The molecule has 26 heavy (non-hydrogen) atoms. The Hall–Kier alpha value is -2.65. The van der Waals surface area contributed by atoms with E-state index in [0.29, 0.717) is 5.69 Å². The number of nitrogens with one attached hydrogen (secondary N) is 1. The molecular weight excluding hydrogens is 348 g/mol. The fourth-order valence-corrected chi connectivity index (χ4v) is 3.29. The van der Waals surface area contributed by atoms with Crippen LogP contribution in [0.5, 0.6) is 0 Å². The van der Waals surface area contributed by atoms with Gasteiger partial charge in [-0.3, -0.25) is 4.79 Å². The van der Waals surface area contributed by atoms with Crippen LogP contribution in [0.1, 0.15) is 31.9 Å². The Morgan fingerprint density at radius 3 is 2.15 bits per heavy atom. The van der Waals surface area contributed by atoms with Crippen molar-refractivity contribution >= 4 is 21.4 Å². The Morgan fingerprint density at radius 1 is 1.08 bits per heavy atom. The van der Waals surface area contributed by atoms with Crippen LogP contribution < -0.4 is 5.32 Å². The molecule has 1 N–H and O–H groups in total. The number of carbonyl (C=O) groups excluding carboxylic acids is 1. The molecule has 2 rings (SSSR count). The van der Waals surface area contributed by atoms with Gasteiger partial charge in [-0.1, -0.05) is 31.2 Å².